The quantitative estimate of drug-likeness (QED) is 0.546. The molecule has 1 atom stereocenters. The predicted octanol–water partition coefficient (Wildman–Crippen LogP) is 0.166. The maximum atomic E-state index is 12.8. The molecule has 0 amide bonds. The van der Waals surface area contributed by atoms with Gasteiger partial charge >= 0.3 is 0 Å². The summed E-state index contributed by atoms with van der Waals surface area (Å²) in [5, 5.41) is 11.1. The third-order valence-corrected chi connectivity index (χ3v) is 2.00. The molecule has 5 heteroatoms. The molecule has 0 aromatic heterocycles. The maximum Gasteiger partial charge on any atom is 0.214 e. The number of nitrogens with two attached hydrogens (primary N) is 1. The summed E-state index contributed by atoms with van der Waals surface area (Å²) in [7, 11) is 1.55. The molecule has 3 nitrogen and oxygen atoms in total. The fraction of sp³-hybridized carbons (Fsp3) is 0.400. The highest BCUT2D eigenvalue weighted by molar-refractivity contribution is 5.18. The van der Waals surface area contributed by atoms with Crippen molar-refractivity contribution in [2.24, 2.45) is 0 Å². The van der Waals surface area contributed by atoms with Crippen LogP contribution in [-0.2, 0) is 4.74 Å². The monoisotopic (exact) mass is 218 g/mol. The Morgan fingerprint density at radius 2 is 2.13 bits per heavy atom. The van der Waals surface area contributed by atoms with Crippen LogP contribution in [0.3, 0.4) is 0 Å². The first-order valence-electron chi connectivity index (χ1n) is 4.60. The summed E-state index contributed by atoms with van der Waals surface area (Å²) in [6.45, 7) is 1.04. The Morgan fingerprint density at radius 1 is 1.40 bits per heavy atom. The molecule has 1 aromatic rings. The minimum atomic E-state index is -0.952. The van der Waals surface area contributed by atoms with Gasteiger partial charge in [-0.05, 0) is 18.2 Å². The topological polar surface area (TPSA) is 46.1 Å². The van der Waals surface area contributed by atoms with Crippen molar-refractivity contribution in [2.45, 2.75) is 6.23 Å². The molecule has 1 rings (SSSR count). The molecule has 0 aliphatic carbocycles. The number of hydrogen-bond acceptors (Lipinski definition) is 2. The highest BCUT2D eigenvalue weighted by Crippen LogP contribution is 2.11. The van der Waals surface area contributed by atoms with Gasteiger partial charge in [0.25, 0.3) is 0 Å². The van der Waals surface area contributed by atoms with Gasteiger partial charge in [-0.2, -0.15) is 0 Å². The highest BCUT2D eigenvalue weighted by Gasteiger charge is 2.12. The number of quaternary nitrogens is 1. The summed E-state index contributed by atoms with van der Waals surface area (Å²) in [5.41, 5.74) is 0.338. The van der Waals surface area contributed by atoms with E-state index in [0.717, 1.165) is 12.1 Å². The second kappa shape index (κ2) is 5.75. The standard InChI is InChI=1S/C10H13F2NO2/c1-15-5-4-13-10(14)7-2-3-8(11)9(12)6-7/h2-3,6,10,13-14H,4-5H2,1H3/p+1. The summed E-state index contributed by atoms with van der Waals surface area (Å²) in [5.74, 6) is -1.87. The van der Waals surface area contributed by atoms with E-state index in [1.165, 1.54) is 6.07 Å². The van der Waals surface area contributed by atoms with Gasteiger partial charge in [-0.1, -0.05) is 0 Å². The third-order valence-electron chi connectivity index (χ3n) is 2.00. The predicted molar refractivity (Wildman–Crippen MR) is 50.0 cm³/mol. The number of benzene rings is 1. The van der Waals surface area contributed by atoms with Crippen LogP contribution in [-0.4, -0.2) is 25.4 Å². The van der Waals surface area contributed by atoms with Crippen molar-refractivity contribution in [1.82, 2.24) is 0 Å². The van der Waals surface area contributed by atoms with Crippen molar-refractivity contribution in [3.05, 3.63) is 35.4 Å². The van der Waals surface area contributed by atoms with Crippen LogP contribution in [0.15, 0.2) is 18.2 Å². The molecule has 3 N–H and O–H groups in total. The van der Waals surface area contributed by atoms with E-state index in [9.17, 15) is 13.9 Å². The average molecular weight is 218 g/mol. The Bertz CT molecular complexity index is 320. The van der Waals surface area contributed by atoms with Crippen molar-refractivity contribution in [3.63, 3.8) is 0 Å². The van der Waals surface area contributed by atoms with Gasteiger partial charge in [0.15, 0.2) is 11.6 Å². The molecule has 0 fully saturated rings. The first kappa shape index (κ1) is 12.0. The minimum absolute atomic E-state index is 0.338. The van der Waals surface area contributed by atoms with E-state index in [1.54, 1.807) is 12.4 Å². The lowest BCUT2D eigenvalue weighted by atomic mass is 10.2. The summed E-state index contributed by atoms with van der Waals surface area (Å²) in [6, 6.07) is 3.34. The van der Waals surface area contributed by atoms with Crippen LogP contribution in [0.1, 0.15) is 11.8 Å². The molecule has 0 bridgehead atoms. The van der Waals surface area contributed by atoms with E-state index in [1.807, 2.05) is 0 Å². The van der Waals surface area contributed by atoms with Gasteiger partial charge in [0.1, 0.15) is 6.54 Å². The maximum absolute atomic E-state index is 12.8. The highest BCUT2D eigenvalue weighted by atomic mass is 19.2. The largest absolute Gasteiger partial charge is 0.379 e. The first-order valence-corrected chi connectivity index (χ1v) is 4.60. The van der Waals surface area contributed by atoms with Gasteiger partial charge in [0.05, 0.1) is 6.61 Å². The summed E-state index contributed by atoms with van der Waals surface area (Å²) >= 11 is 0. The average Bonchev–Trinajstić information content (AvgIpc) is 2.22. The van der Waals surface area contributed by atoms with Crippen LogP contribution in [0.4, 0.5) is 8.78 Å². The van der Waals surface area contributed by atoms with E-state index < -0.39 is 17.9 Å². The lowest BCUT2D eigenvalue weighted by Gasteiger charge is -2.09. The fourth-order valence-electron chi connectivity index (χ4n) is 1.18. The molecule has 1 aromatic carbocycles. The second-order valence-electron chi connectivity index (χ2n) is 3.14. The van der Waals surface area contributed by atoms with Crippen molar-refractivity contribution in [1.29, 1.82) is 0 Å². The lowest BCUT2D eigenvalue weighted by Crippen LogP contribution is -2.86. The van der Waals surface area contributed by atoms with Crippen molar-refractivity contribution in [2.75, 3.05) is 20.3 Å². The van der Waals surface area contributed by atoms with Crippen molar-refractivity contribution >= 4 is 0 Å². The number of aliphatic hydroxyl groups excluding tert-OH is 1. The number of halogens is 2. The first-order chi connectivity index (χ1) is 7.15. The van der Waals surface area contributed by atoms with Gasteiger partial charge < -0.3 is 15.2 Å². The van der Waals surface area contributed by atoms with Crippen molar-refractivity contribution < 1.29 is 23.9 Å². The van der Waals surface area contributed by atoms with Crippen LogP contribution in [0.5, 0.6) is 0 Å². The third kappa shape index (κ3) is 3.54. The molecule has 0 saturated carbocycles. The van der Waals surface area contributed by atoms with Gasteiger partial charge in [-0.3, -0.25) is 0 Å². The van der Waals surface area contributed by atoms with Crippen molar-refractivity contribution in [3.8, 4) is 0 Å². The Labute approximate surface area is 86.7 Å². The Balaban J connectivity index is 2.57. The molecule has 84 valence electrons. The second-order valence-corrected chi connectivity index (χ2v) is 3.14. The van der Waals surface area contributed by atoms with Gasteiger partial charge in [0.2, 0.25) is 6.23 Å². The SMILES string of the molecule is COCC[NH2+]C(O)c1ccc(F)c(F)c1. The number of aliphatic hydroxyl groups is 1. The normalized spacial score (nSPS) is 12.8. The van der Waals surface area contributed by atoms with E-state index in [0.29, 0.717) is 18.7 Å². The molecule has 0 spiro atoms. The van der Waals surface area contributed by atoms with E-state index in [4.69, 9.17) is 4.74 Å². The molecule has 15 heavy (non-hydrogen) atoms. The smallest absolute Gasteiger partial charge is 0.214 e. The van der Waals surface area contributed by atoms with E-state index >= 15 is 0 Å². The molecule has 0 aliphatic rings. The molecular weight excluding hydrogens is 204 g/mol. The number of hydrogen-bond donors (Lipinski definition) is 2. The van der Waals surface area contributed by atoms with Crippen LogP contribution >= 0.6 is 0 Å². The molecular formula is C10H14F2NO2+. The zero-order valence-corrected chi connectivity index (χ0v) is 8.41. The molecule has 0 radical (unpaired) electrons. The molecule has 0 heterocycles. The van der Waals surface area contributed by atoms with Gasteiger partial charge in [-0.15, -0.1) is 0 Å². The zero-order valence-electron chi connectivity index (χ0n) is 8.41. The lowest BCUT2D eigenvalue weighted by molar-refractivity contribution is -0.732. The molecule has 1 unspecified atom stereocenters. The fourth-order valence-corrected chi connectivity index (χ4v) is 1.18. The number of methoxy groups -OCH3 is 1. The molecule has 0 aliphatic heterocycles. The summed E-state index contributed by atoms with van der Waals surface area (Å²) < 4.78 is 30.2. The molecule has 0 saturated heterocycles. The van der Waals surface area contributed by atoms with Crippen LogP contribution in [0.2, 0.25) is 0 Å². The van der Waals surface area contributed by atoms with E-state index in [-0.39, 0.29) is 0 Å². The Kier molecular flexibility index (Phi) is 4.61. The summed E-state index contributed by atoms with van der Waals surface area (Å²) in [6.07, 6.45) is -0.893. The van der Waals surface area contributed by atoms with Crippen LogP contribution in [0, 0.1) is 11.6 Å². The van der Waals surface area contributed by atoms with Crippen LogP contribution < -0.4 is 5.32 Å². The number of rotatable bonds is 5. The number of ether oxygens (including phenoxy) is 1. The zero-order chi connectivity index (χ0) is 11.3. The Hall–Kier alpha value is -1.04. The van der Waals surface area contributed by atoms with Gasteiger partial charge in [-0.25, -0.2) is 8.78 Å². The summed E-state index contributed by atoms with van der Waals surface area (Å²) in [4.78, 5) is 0. The minimum Gasteiger partial charge on any atom is -0.379 e. The van der Waals surface area contributed by atoms with Gasteiger partial charge in [0, 0.05) is 12.7 Å². The Morgan fingerprint density at radius 3 is 2.73 bits per heavy atom. The van der Waals surface area contributed by atoms with E-state index in [2.05, 4.69) is 0 Å². The van der Waals surface area contributed by atoms with Crippen LogP contribution in [0.25, 0.3) is 0 Å².